The first-order valence-corrected chi connectivity index (χ1v) is 9.63. The van der Waals surface area contributed by atoms with Crippen LogP contribution in [0.2, 0.25) is 0 Å². The van der Waals surface area contributed by atoms with E-state index in [1.54, 1.807) is 12.1 Å². The Balaban J connectivity index is 1.92. The van der Waals surface area contributed by atoms with Gasteiger partial charge in [-0.2, -0.15) is 0 Å². The Hall–Kier alpha value is -2.32. The second kappa shape index (κ2) is 8.86. The van der Waals surface area contributed by atoms with Crippen LogP contribution in [0.1, 0.15) is 25.3 Å². The summed E-state index contributed by atoms with van der Waals surface area (Å²) < 4.78 is 52.8. The minimum atomic E-state index is -3.52. The third-order valence-electron chi connectivity index (χ3n) is 3.62. The second-order valence-electron chi connectivity index (χ2n) is 5.71. The highest BCUT2D eigenvalue weighted by molar-refractivity contribution is 7.89. The molecule has 1 amide bonds. The number of sulfonamides is 1. The summed E-state index contributed by atoms with van der Waals surface area (Å²) in [6.07, 6.45) is 1.13. The average Bonchev–Trinajstić information content (AvgIpc) is 2.61. The Morgan fingerprint density at radius 3 is 2.38 bits per heavy atom. The minimum Gasteiger partial charge on any atom is -0.324 e. The molecule has 0 bridgehead atoms. The zero-order valence-electron chi connectivity index (χ0n) is 14.3. The normalized spacial score (nSPS) is 11.3. The molecule has 0 saturated heterocycles. The molecular weight excluding hydrogens is 362 g/mol. The van der Waals surface area contributed by atoms with Crippen LogP contribution in [0.25, 0.3) is 0 Å². The zero-order chi connectivity index (χ0) is 19.2. The van der Waals surface area contributed by atoms with Gasteiger partial charge in [0, 0.05) is 19.0 Å². The molecule has 0 unspecified atom stereocenters. The number of amides is 1. The molecule has 0 aliphatic rings. The number of benzene rings is 2. The van der Waals surface area contributed by atoms with E-state index in [0.29, 0.717) is 25.5 Å². The summed E-state index contributed by atoms with van der Waals surface area (Å²) in [5, 5.41) is 2.38. The topological polar surface area (TPSA) is 75.3 Å². The van der Waals surface area contributed by atoms with Crippen molar-refractivity contribution in [3.63, 3.8) is 0 Å². The third kappa shape index (κ3) is 5.60. The lowest BCUT2D eigenvalue weighted by Crippen LogP contribution is -2.24. The van der Waals surface area contributed by atoms with Crippen molar-refractivity contribution in [1.82, 2.24) is 4.72 Å². The highest BCUT2D eigenvalue weighted by Gasteiger charge is 2.13. The molecule has 0 radical (unpaired) electrons. The van der Waals surface area contributed by atoms with Gasteiger partial charge in [0.2, 0.25) is 15.9 Å². The Bertz CT molecular complexity index is 869. The van der Waals surface area contributed by atoms with Gasteiger partial charge in [0.1, 0.15) is 11.6 Å². The van der Waals surface area contributed by atoms with Crippen molar-refractivity contribution < 1.29 is 22.0 Å². The lowest BCUT2D eigenvalue weighted by molar-refractivity contribution is -0.116. The van der Waals surface area contributed by atoms with Gasteiger partial charge in [0.25, 0.3) is 0 Å². The minimum absolute atomic E-state index is 0.0804. The van der Waals surface area contributed by atoms with E-state index in [0.717, 1.165) is 17.7 Å². The van der Waals surface area contributed by atoms with Crippen LogP contribution in [0.15, 0.2) is 47.4 Å². The van der Waals surface area contributed by atoms with Crippen molar-refractivity contribution in [2.24, 2.45) is 0 Å². The van der Waals surface area contributed by atoms with Crippen LogP contribution in [-0.4, -0.2) is 20.9 Å². The molecule has 140 valence electrons. The van der Waals surface area contributed by atoms with Crippen LogP contribution in [-0.2, 0) is 21.2 Å². The van der Waals surface area contributed by atoms with E-state index in [-0.39, 0.29) is 17.0 Å². The number of rotatable bonds is 8. The van der Waals surface area contributed by atoms with E-state index in [1.165, 1.54) is 12.1 Å². The number of hydrogen-bond acceptors (Lipinski definition) is 3. The lowest BCUT2D eigenvalue weighted by Gasteiger charge is -2.08. The SMILES string of the molecule is CCCNS(=O)(=O)c1ccc(CCC(=O)Nc2ccc(F)cc2F)cc1. The summed E-state index contributed by atoms with van der Waals surface area (Å²) >= 11 is 0. The van der Waals surface area contributed by atoms with Crippen LogP contribution < -0.4 is 10.0 Å². The summed E-state index contributed by atoms with van der Waals surface area (Å²) in [4.78, 5) is 12.0. The van der Waals surface area contributed by atoms with Gasteiger partial charge in [-0.15, -0.1) is 0 Å². The van der Waals surface area contributed by atoms with Crippen molar-refractivity contribution >= 4 is 21.6 Å². The van der Waals surface area contributed by atoms with E-state index in [9.17, 15) is 22.0 Å². The fourth-order valence-electron chi connectivity index (χ4n) is 2.22. The highest BCUT2D eigenvalue weighted by Crippen LogP contribution is 2.16. The Kier molecular flexibility index (Phi) is 6.82. The van der Waals surface area contributed by atoms with Gasteiger partial charge in [-0.25, -0.2) is 21.9 Å². The van der Waals surface area contributed by atoms with Gasteiger partial charge in [0.15, 0.2) is 0 Å². The molecule has 0 saturated carbocycles. The van der Waals surface area contributed by atoms with E-state index in [4.69, 9.17) is 0 Å². The molecule has 0 atom stereocenters. The zero-order valence-corrected chi connectivity index (χ0v) is 15.1. The largest absolute Gasteiger partial charge is 0.324 e. The summed E-state index contributed by atoms with van der Waals surface area (Å²) in [6, 6.07) is 9.13. The number of hydrogen-bond donors (Lipinski definition) is 2. The molecule has 26 heavy (non-hydrogen) atoms. The number of nitrogens with one attached hydrogen (secondary N) is 2. The van der Waals surface area contributed by atoms with Crippen LogP contribution in [0, 0.1) is 11.6 Å². The van der Waals surface area contributed by atoms with Gasteiger partial charge in [0.05, 0.1) is 10.6 Å². The summed E-state index contributed by atoms with van der Waals surface area (Å²) in [6.45, 7) is 2.23. The molecule has 2 aromatic carbocycles. The molecule has 0 aliphatic heterocycles. The third-order valence-corrected chi connectivity index (χ3v) is 5.10. The van der Waals surface area contributed by atoms with Crippen molar-refractivity contribution in [3.8, 4) is 0 Å². The molecule has 2 N–H and O–H groups in total. The van der Waals surface area contributed by atoms with Crippen LogP contribution in [0.3, 0.4) is 0 Å². The first-order valence-electron chi connectivity index (χ1n) is 8.15. The maximum Gasteiger partial charge on any atom is 0.240 e. The molecule has 2 aromatic rings. The van der Waals surface area contributed by atoms with E-state index >= 15 is 0 Å². The predicted molar refractivity (Wildman–Crippen MR) is 95.2 cm³/mol. The lowest BCUT2D eigenvalue weighted by atomic mass is 10.1. The molecule has 0 heterocycles. The fraction of sp³-hybridized carbons (Fsp3) is 0.278. The van der Waals surface area contributed by atoms with Gasteiger partial charge in [-0.05, 0) is 42.7 Å². The van der Waals surface area contributed by atoms with Crippen LogP contribution in [0.5, 0.6) is 0 Å². The molecule has 8 heteroatoms. The van der Waals surface area contributed by atoms with Crippen LogP contribution in [0.4, 0.5) is 14.5 Å². The smallest absolute Gasteiger partial charge is 0.240 e. The maximum atomic E-state index is 13.5. The number of anilines is 1. The molecule has 0 aromatic heterocycles. The van der Waals surface area contributed by atoms with E-state index < -0.39 is 27.6 Å². The Labute approximate surface area is 151 Å². The first kappa shape index (κ1) is 20.0. The first-order chi connectivity index (χ1) is 12.3. The molecule has 5 nitrogen and oxygen atoms in total. The number of carbonyl (C=O) groups excluding carboxylic acids is 1. The molecule has 0 spiro atoms. The monoisotopic (exact) mass is 382 g/mol. The predicted octanol–water partition coefficient (Wildman–Crippen LogP) is 3.22. The van der Waals surface area contributed by atoms with Crippen LogP contribution >= 0.6 is 0 Å². The van der Waals surface area contributed by atoms with Crippen molar-refractivity contribution in [2.75, 3.05) is 11.9 Å². The highest BCUT2D eigenvalue weighted by atomic mass is 32.2. The van der Waals surface area contributed by atoms with Gasteiger partial charge in [-0.3, -0.25) is 4.79 Å². The van der Waals surface area contributed by atoms with Gasteiger partial charge >= 0.3 is 0 Å². The summed E-state index contributed by atoms with van der Waals surface area (Å²) in [5.41, 5.74) is 0.689. The van der Waals surface area contributed by atoms with Crippen molar-refractivity contribution in [2.45, 2.75) is 31.1 Å². The molecule has 2 rings (SSSR count). The molecular formula is C18H20F2N2O3S. The van der Waals surface area contributed by atoms with E-state index in [2.05, 4.69) is 10.0 Å². The second-order valence-corrected chi connectivity index (χ2v) is 7.48. The quantitative estimate of drug-likeness (QED) is 0.736. The Morgan fingerprint density at radius 1 is 1.08 bits per heavy atom. The molecule has 0 fully saturated rings. The molecule has 0 aliphatic carbocycles. The van der Waals surface area contributed by atoms with Gasteiger partial charge < -0.3 is 5.32 Å². The standard InChI is InChI=1S/C18H20F2N2O3S/c1-2-11-21-26(24,25)15-7-3-13(4-8-15)5-10-18(23)22-17-9-6-14(19)12-16(17)20/h3-4,6-9,12,21H,2,5,10-11H2,1H3,(H,22,23). The summed E-state index contributed by atoms with van der Waals surface area (Å²) in [5.74, 6) is -1.98. The van der Waals surface area contributed by atoms with Gasteiger partial charge in [-0.1, -0.05) is 19.1 Å². The number of aryl methyl sites for hydroxylation is 1. The average molecular weight is 382 g/mol. The number of carbonyl (C=O) groups is 1. The van der Waals surface area contributed by atoms with E-state index in [1.807, 2.05) is 6.92 Å². The number of halogens is 2. The summed E-state index contributed by atoms with van der Waals surface area (Å²) in [7, 11) is -3.52. The van der Waals surface area contributed by atoms with Crippen molar-refractivity contribution in [1.29, 1.82) is 0 Å². The maximum absolute atomic E-state index is 13.5. The fourth-order valence-corrected chi connectivity index (χ4v) is 3.35. The van der Waals surface area contributed by atoms with Crippen molar-refractivity contribution in [3.05, 3.63) is 59.7 Å². The Morgan fingerprint density at radius 2 is 1.77 bits per heavy atom.